The monoisotopic (exact) mass is 223 g/mol. The fraction of sp³-hybridized carbons (Fsp3) is 0.857. The molecule has 0 aromatic heterocycles. The Kier molecular flexibility index (Phi) is 3.58. The van der Waals surface area contributed by atoms with E-state index in [1.54, 1.807) is 5.70 Å². The van der Waals surface area contributed by atoms with Crippen molar-refractivity contribution in [1.29, 1.82) is 0 Å². The molecule has 16 heavy (non-hydrogen) atoms. The summed E-state index contributed by atoms with van der Waals surface area (Å²) in [6.45, 7) is 8.99. The number of hydrogen-bond donors (Lipinski definition) is 0. The van der Waals surface area contributed by atoms with Crippen molar-refractivity contribution in [3.63, 3.8) is 0 Å². The summed E-state index contributed by atoms with van der Waals surface area (Å²) in [6.07, 6.45) is 9.10. The van der Waals surface area contributed by atoms with E-state index < -0.39 is 0 Å². The lowest BCUT2D eigenvalue weighted by Gasteiger charge is -2.32. The number of likely N-dealkylation sites (tertiary alicyclic amines) is 1. The molecule has 0 spiro atoms. The predicted octanol–water partition coefficient (Wildman–Crippen LogP) is 3.33. The van der Waals surface area contributed by atoms with Crippen LogP contribution in [0, 0.1) is 0 Å². The van der Waals surface area contributed by atoms with Crippen molar-refractivity contribution in [1.82, 2.24) is 4.90 Å². The maximum Gasteiger partial charge on any atom is 0.0621 e. The van der Waals surface area contributed by atoms with Crippen LogP contribution in [0.3, 0.4) is 0 Å². The Morgan fingerprint density at radius 2 is 1.94 bits per heavy atom. The summed E-state index contributed by atoms with van der Waals surface area (Å²) >= 11 is 0. The molecule has 1 aliphatic heterocycles. The van der Waals surface area contributed by atoms with Crippen LogP contribution < -0.4 is 0 Å². The van der Waals surface area contributed by atoms with Crippen LogP contribution in [0.15, 0.2) is 11.8 Å². The van der Waals surface area contributed by atoms with E-state index in [2.05, 4.69) is 31.7 Å². The van der Waals surface area contributed by atoms with Crippen molar-refractivity contribution in [2.75, 3.05) is 13.1 Å². The molecule has 0 aromatic rings. The lowest BCUT2D eigenvalue weighted by molar-refractivity contribution is -0.0638. The third-order valence-electron chi connectivity index (χ3n) is 3.37. The van der Waals surface area contributed by atoms with Gasteiger partial charge in [0.1, 0.15) is 0 Å². The highest BCUT2D eigenvalue weighted by atomic mass is 16.5. The molecule has 0 N–H and O–H groups in total. The molecule has 1 aliphatic carbocycles. The highest BCUT2D eigenvalue weighted by Gasteiger charge is 2.23. The topological polar surface area (TPSA) is 12.5 Å². The maximum absolute atomic E-state index is 6.03. The minimum Gasteiger partial charge on any atom is -0.375 e. The van der Waals surface area contributed by atoms with Crippen molar-refractivity contribution < 1.29 is 4.74 Å². The molecule has 1 atom stereocenters. The molecule has 2 nitrogen and oxygen atoms in total. The lowest BCUT2D eigenvalue weighted by Crippen LogP contribution is -2.30. The van der Waals surface area contributed by atoms with Crippen molar-refractivity contribution in [3.8, 4) is 0 Å². The van der Waals surface area contributed by atoms with Gasteiger partial charge in [-0.3, -0.25) is 0 Å². The molecule has 1 heterocycles. The molecule has 92 valence electrons. The number of allylic oxidation sites excluding steroid dienone is 1. The zero-order valence-corrected chi connectivity index (χ0v) is 11.0. The average Bonchev–Trinajstić information content (AvgIpc) is 2.69. The van der Waals surface area contributed by atoms with Crippen molar-refractivity contribution in [2.45, 2.75) is 64.6 Å². The second-order valence-corrected chi connectivity index (χ2v) is 6.02. The van der Waals surface area contributed by atoms with Gasteiger partial charge in [0.15, 0.2) is 0 Å². The first-order chi connectivity index (χ1) is 7.54. The highest BCUT2D eigenvalue weighted by molar-refractivity contribution is 5.07. The zero-order valence-electron chi connectivity index (χ0n) is 11.0. The van der Waals surface area contributed by atoms with Gasteiger partial charge >= 0.3 is 0 Å². The van der Waals surface area contributed by atoms with E-state index in [-0.39, 0.29) is 5.60 Å². The molecule has 0 radical (unpaired) electrons. The predicted molar refractivity (Wildman–Crippen MR) is 67.4 cm³/mol. The largest absolute Gasteiger partial charge is 0.375 e. The molecule has 2 heteroatoms. The molecular weight excluding hydrogens is 198 g/mol. The standard InChI is InChI=1S/C14H25NO/c1-14(2,3)16-13-8-6-12(7-9-13)15-10-4-5-11-15/h6,13H,4-5,7-11H2,1-3H3. The van der Waals surface area contributed by atoms with Gasteiger partial charge in [-0.1, -0.05) is 6.08 Å². The third-order valence-corrected chi connectivity index (χ3v) is 3.37. The van der Waals surface area contributed by atoms with E-state index in [0.29, 0.717) is 6.10 Å². The summed E-state index contributed by atoms with van der Waals surface area (Å²) in [5, 5.41) is 0. The van der Waals surface area contributed by atoms with Crippen LogP contribution in [0.5, 0.6) is 0 Å². The minimum absolute atomic E-state index is 0.00363. The molecule has 1 saturated heterocycles. The molecular formula is C14H25NO. The Labute approximate surface area is 99.7 Å². The molecule has 1 unspecified atom stereocenters. The van der Waals surface area contributed by atoms with Gasteiger partial charge in [-0.2, -0.15) is 0 Å². The smallest absolute Gasteiger partial charge is 0.0621 e. The lowest BCUT2D eigenvalue weighted by atomic mass is 10.00. The zero-order chi connectivity index (χ0) is 11.6. The normalized spacial score (nSPS) is 27.1. The van der Waals surface area contributed by atoms with E-state index in [4.69, 9.17) is 4.74 Å². The molecule has 1 fully saturated rings. The Bertz CT molecular complexity index is 258. The van der Waals surface area contributed by atoms with Gasteiger partial charge in [0, 0.05) is 18.8 Å². The van der Waals surface area contributed by atoms with Gasteiger partial charge in [0.2, 0.25) is 0 Å². The first-order valence-corrected chi connectivity index (χ1v) is 6.66. The van der Waals surface area contributed by atoms with E-state index in [0.717, 1.165) is 6.42 Å². The van der Waals surface area contributed by atoms with Crippen LogP contribution in [-0.2, 0) is 4.74 Å². The van der Waals surface area contributed by atoms with Crippen LogP contribution >= 0.6 is 0 Å². The first-order valence-electron chi connectivity index (χ1n) is 6.66. The Morgan fingerprint density at radius 3 is 2.44 bits per heavy atom. The molecule has 0 aromatic carbocycles. The average molecular weight is 223 g/mol. The van der Waals surface area contributed by atoms with E-state index >= 15 is 0 Å². The van der Waals surface area contributed by atoms with Gasteiger partial charge in [-0.15, -0.1) is 0 Å². The molecule has 0 amide bonds. The molecule has 0 saturated carbocycles. The van der Waals surface area contributed by atoms with Crippen molar-refractivity contribution in [3.05, 3.63) is 11.8 Å². The summed E-state index contributed by atoms with van der Waals surface area (Å²) in [5.41, 5.74) is 1.58. The Hall–Kier alpha value is -0.500. The van der Waals surface area contributed by atoms with Crippen LogP contribution in [0.25, 0.3) is 0 Å². The van der Waals surface area contributed by atoms with Crippen LogP contribution in [0.1, 0.15) is 52.9 Å². The van der Waals surface area contributed by atoms with Gasteiger partial charge in [0.05, 0.1) is 11.7 Å². The first kappa shape index (κ1) is 12.0. The second-order valence-electron chi connectivity index (χ2n) is 6.02. The molecule has 0 bridgehead atoms. The summed E-state index contributed by atoms with van der Waals surface area (Å²) in [5.74, 6) is 0. The third kappa shape index (κ3) is 3.24. The van der Waals surface area contributed by atoms with Gasteiger partial charge in [-0.05, 0) is 52.9 Å². The van der Waals surface area contributed by atoms with Crippen molar-refractivity contribution >= 4 is 0 Å². The fourth-order valence-corrected chi connectivity index (χ4v) is 2.69. The number of nitrogens with zero attached hydrogens (tertiary/aromatic N) is 1. The number of hydrogen-bond acceptors (Lipinski definition) is 2. The maximum atomic E-state index is 6.03. The minimum atomic E-state index is 0.00363. The van der Waals surface area contributed by atoms with Crippen LogP contribution in [-0.4, -0.2) is 29.7 Å². The molecule has 2 rings (SSSR count). The number of ether oxygens (including phenoxy) is 1. The fourth-order valence-electron chi connectivity index (χ4n) is 2.69. The van der Waals surface area contributed by atoms with Crippen LogP contribution in [0.4, 0.5) is 0 Å². The van der Waals surface area contributed by atoms with Gasteiger partial charge in [-0.25, -0.2) is 0 Å². The molecule has 2 aliphatic rings. The van der Waals surface area contributed by atoms with E-state index in [1.165, 1.54) is 38.8 Å². The Balaban J connectivity index is 1.84. The highest BCUT2D eigenvalue weighted by Crippen LogP contribution is 2.28. The summed E-state index contributed by atoms with van der Waals surface area (Å²) in [4.78, 5) is 2.56. The van der Waals surface area contributed by atoms with Gasteiger partial charge < -0.3 is 9.64 Å². The van der Waals surface area contributed by atoms with E-state index in [1.807, 2.05) is 0 Å². The Morgan fingerprint density at radius 1 is 1.25 bits per heavy atom. The second kappa shape index (κ2) is 4.79. The van der Waals surface area contributed by atoms with E-state index in [9.17, 15) is 0 Å². The summed E-state index contributed by atoms with van der Waals surface area (Å²) in [7, 11) is 0. The number of rotatable bonds is 2. The summed E-state index contributed by atoms with van der Waals surface area (Å²) in [6, 6.07) is 0. The SMILES string of the molecule is CC(C)(C)OC1CC=C(N2CCCC2)CC1. The quantitative estimate of drug-likeness (QED) is 0.712. The summed E-state index contributed by atoms with van der Waals surface area (Å²) < 4.78 is 6.03. The van der Waals surface area contributed by atoms with Crippen molar-refractivity contribution in [2.24, 2.45) is 0 Å². The van der Waals surface area contributed by atoms with Gasteiger partial charge in [0.25, 0.3) is 0 Å². The van der Waals surface area contributed by atoms with Crippen LogP contribution in [0.2, 0.25) is 0 Å².